The molecular weight excluding hydrogens is 368 g/mol. The third kappa shape index (κ3) is 3.76. The Labute approximate surface area is 161 Å². The SMILES string of the molecule is O=C1CS[C@@H](c2cn(Cc3cccc(Cl)c3)nn2)N1Cc1ccccc1. The van der Waals surface area contributed by atoms with Gasteiger partial charge in [0.1, 0.15) is 11.1 Å². The molecule has 1 aliphatic rings. The lowest BCUT2D eigenvalue weighted by molar-refractivity contribution is -0.128. The van der Waals surface area contributed by atoms with Crippen LogP contribution in [0.4, 0.5) is 0 Å². The van der Waals surface area contributed by atoms with E-state index in [9.17, 15) is 4.79 Å². The summed E-state index contributed by atoms with van der Waals surface area (Å²) in [6.07, 6.45) is 1.91. The smallest absolute Gasteiger partial charge is 0.234 e. The Bertz CT molecular complexity index is 915. The number of halogens is 1. The van der Waals surface area contributed by atoms with Crippen molar-refractivity contribution < 1.29 is 4.79 Å². The van der Waals surface area contributed by atoms with Gasteiger partial charge in [-0.05, 0) is 23.3 Å². The Morgan fingerprint density at radius 3 is 2.69 bits per heavy atom. The Morgan fingerprint density at radius 2 is 1.88 bits per heavy atom. The quantitative estimate of drug-likeness (QED) is 0.672. The Morgan fingerprint density at radius 1 is 1.08 bits per heavy atom. The minimum absolute atomic E-state index is 0.101. The molecule has 132 valence electrons. The van der Waals surface area contributed by atoms with Gasteiger partial charge >= 0.3 is 0 Å². The van der Waals surface area contributed by atoms with Crippen molar-refractivity contribution in [1.29, 1.82) is 0 Å². The molecule has 3 aromatic rings. The van der Waals surface area contributed by atoms with Crippen LogP contribution in [-0.4, -0.2) is 31.6 Å². The fourth-order valence-electron chi connectivity index (χ4n) is 2.98. The van der Waals surface area contributed by atoms with Gasteiger partial charge in [-0.25, -0.2) is 4.68 Å². The minimum atomic E-state index is -0.101. The first-order chi connectivity index (χ1) is 12.7. The van der Waals surface area contributed by atoms with Crippen LogP contribution in [0.2, 0.25) is 5.02 Å². The molecule has 1 atom stereocenters. The summed E-state index contributed by atoms with van der Waals surface area (Å²) in [5.41, 5.74) is 2.98. The summed E-state index contributed by atoms with van der Waals surface area (Å²) in [5.74, 6) is 0.604. The van der Waals surface area contributed by atoms with E-state index in [1.165, 1.54) is 0 Å². The van der Waals surface area contributed by atoms with E-state index < -0.39 is 0 Å². The van der Waals surface area contributed by atoms with Crippen LogP contribution in [0.5, 0.6) is 0 Å². The maximum Gasteiger partial charge on any atom is 0.234 e. The zero-order valence-corrected chi connectivity index (χ0v) is 15.5. The van der Waals surface area contributed by atoms with Crippen LogP contribution in [0.1, 0.15) is 22.2 Å². The van der Waals surface area contributed by atoms with Crippen LogP contribution in [0.25, 0.3) is 0 Å². The fraction of sp³-hybridized carbons (Fsp3) is 0.211. The van der Waals surface area contributed by atoms with Crippen molar-refractivity contribution in [3.05, 3.63) is 82.6 Å². The average molecular weight is 385 g/mol. The Balaban J connectivity index is 1.51. The summed E-state index contributed by atoms with van der Waals surface area (Å²) in [6, 6.07) is 17.7. The number of nitrogens with zero attached hydrogens (tertiary/aromatic N) is 4. The normalized spacial score (nSPS) is 17.0. The molecule has 2 heterocycles. The summed E-state index contributed by atoms with van der Waals surface area (Å²) in [4.78, 5) is 14.2. The van der Waals surface area contributed by atoms with Gasteiger partial charge in [-0.15, -0.1) is 16.9 Å². The predicted octanol–water partition coefficient (Wildman–Crippen LogP) is 3.75. The Hall–Kier alpha value is -2.31. The average Bonchev–Trinajstić information content (AvgIpc) is 3.23. The van der Waals surface area contributed by atoms with E-state index in [2.05, 4.69) is 10.3 Å². The number of thioether (sulfide) groups is 1. The molecule has 5 nitrogen and oxygen atoms in total. The van der Waals surface area contributed by atoms with Gasteiger partial charge in [-0.1, -0.05) is 59.3 Å². The fourth-order valence-corrected chi connectivity index (χ4v) is 4.31. The number of carbonyl (C=O) groups is 1. The lowest BCUT2D eigenvalue weighted by Gasteiger charge is -2.22. The molecule has 0 aliphatic carbocycles. The van der Waals surface area contributed by atoms with E-state index in [-0.39, 0.29) is 11.3 Å². The molecule has 0 spiro atoms. The third-order valence-corrected chi connectivity index (χ3v) is 5.67. The number of benzene rings is 2. The van der Waals surface area contributed by atoms with Gasteiger partial charge in [-0.2, -0.15) is 0 Å². The molecule has 2 aromatic carbocycles. The first kappa shape index (κ1) is 17.1. The molecule has 0 bridgehead atoms. The number of amides is 1. The van der Waals surface area contributed by atoms with E-state index in [1.807, 2.05) is 65.7 Å². The zero-order chi connectivity index (χ0) is 17.9. The highest BCUT2D eigenvalue weighted by Crippen LogP contribution is 2.38. The third-order valence-electron chi connectivity index (χ3n) is 4.21. The summed E-state index contributed by atoms with van der Waals surface area (Å²) in [5, 5.41) is 9.13. The molecule has 4 rings (SSSR count). The Kier molecular flexibility index (Phi) is 4.95. The number of carbonyl (C=O) groups excluding carboxylic acids is 1. The summed E-state index contributed by atoms with van der Waals surface area (Å²) in [7, 11) is 0. The van der Waals surface area contributed by atoms with E-state index in [0.717, 1.165) is 16.8 Å². The van der Waals surface area contributed by atoms with Gasteiger partial charge in [0.25, 0.3) is 0 Å². The van der Waals surface area contributed by atoms with Crippen molar-refractivity contribution in [2.45, 2.75) is 18.5 Å². The second-order valence-corrected chi connectivity index (χ2v) is 7.65. The molecule has 1 saturated heterocycles. The summed E-state index contributed by atoms with van der Waals surface area (Å²) >= 11 is 7.63. The molecule has 1 fully saturated rings. The molecule has 1 aliphatic heterocycles. The molecule has 26 heavy (non-hydrogen) atoms. The van der Waals surface area contributed by atoms with Crippen molar-refractivity contribution in [1.82, 2.24) is 19.9 Å². The molecule has 0 N–H and O–H groups in total. The van der Waals surface area contributed by atoms with Crippen LogP contribution in [0, 0.1) is 0 Å². The topological polar surface area (TPSA) is 51.0 Å². The van der Waals surface area contributed by atoms with Gasteiger partial charge in [0, 0.05) is 11.6 Å². The van der Waals surface area contributed by atoms with Crippen molar-refractivity contribution in [2.75, 3.05) is 5.75 Å². The van der Waals surface area contributed by atoms with E-state index in [0.29, 0.717) is 23.9 Å². The standard InChI is InChI=1S/C19H17ClN4OS/c20-16-8-4-7-15(9-16)10-23-12-17(21-22-23)19-24(18(25)13-26-19)11-14-5-2-1-3-6-14/h1-9,12,19H,10-11,13H2/t19-/m0/s1. The highest BCUT2D eigenvalue weighted by atomic mass is 35.5. The van der Waals surface area contributed by atoms with Crippen LogP contribution in [0.15, 0.2) is 60.8 Å². The molecule has 0 radical (unpaired) electrons. The monoisotopic (exact) mass is 384 g/mol. The number of hydrogen-bond acceptors (Lipinski definition) is 4. The van der Waals surface area contributed by atoms with Gasteiger partial charge in [0.05, 0.1) is 18.5 Å². The second kappa shape index (κ2) is 7.51. The molecular formula is C19H17ClN4OS. The van der Waals surface area contributed by atoms with E-state index in [1.54, 1.807) is 16.4 Å². The van der Waals surface area contributed by atoms with Crippen LogP contribution in [0.3, 0.4) is 0 Å². The van der Waals surface area contributed by atoms with Gasteiger partial charge < -0.3 is 4.90 Å². The first-order valence-corrected chi connectivity index (χ1v) is 9.71. The highest BCUT2D eigenvalue weighted by molar-refractivity contribution is 8.00. The molecule has 7 heteroatoms. The van der Waals surface area contributed by atoms with Gasteiger partial charge in [0.2, 0.25) is 5.91 Å². The maximum atomic E-state index is 12.3. The van der Waals surface area contributed by atoms with Crippen LogP contribution in [-0.2, 0) is 17.9 Å². The summed E-state index contributed by atoms with van der Waals surface area (Å²) < 4.78 is 1.78. The largest absolute Gasteiger partial charge is 0.320 e. The van der Waals surface area contributed by atoms with E-state index >= 15 is 0 Å². The molecule has 1 amide bonds. The zero-order valence-electron chi connectivity index (χ0n) is 14.0. The van der Waals surface area contributed by atoms with Gasteiger partial charge in [0.15, 0.2) is 0 Å². The van der Waals surface area contributed by atoms with Crippen molar-refractivity contribution in [2.24, 2.45) is 0 Å². The van der Waals surface area contributed by atoms with Crippen molar-refractivity contribution in [3.8, 4) is 0 Å². The first-order valence-electron chi connectivity index (χ1n) is 8.28. The minimum Gasteiger partial charge on any atom is -0.320 e. The maximum absolute atomic E-state index is 12.3. The number of aromatic nitrogens is 3. The lowest BCUT2D eigenvalue weighted by atomic mass is 10.2. The lowest BCUT2D eigenvalue weighted by Crippen LogP contribution is -2.27. The van der Waals surface area contributed by atoms with Crippen LogP contribution < -0.4 is 0 Å². The molecule has 1 aromatic heterocycles. The number of hydrogen-bond donors (Lipinski definition) is 0. The molecule has 0 unspecified atom stereocenters. The molecule has 0 saturated carbocycles. The van der Waals surface area contributed by atoms with Crippen molar-refractivity contribution >= 4 is 29.3 Å². The number of rotatable bonds is 5. The van der Waals surface area contributed by atoms with Crippen LogP contribution >= 0.6 is 23.4 Å². The van der Waals surface area contributed by atoms with Crippen molar-refractivity contribution in [3.63, 3.8) is 0 Å². The second-order valence-electron chi connectivity index (χ2n) is 6.14. The summed E-state index contributed by atoms with van der Waals surface area (Å²) in [6.45, 7) is 1.18. The highest BCUT2D eigenvalue weighted by Gasteiger charge is 2.34. The predicted molar refractivity (Wildman–Crippen MR) is 103 cm³/mol. The van der Waals surface area contributed by atoms with E-state index in [4.69, 9.17) is 11.6 Å². The van der Waals surface area contributed by atoms with Gasteiger partial charge in [-0.3, -0.25) is 4.79 Å².